The van der Waals surface area contributed by atoms with Crippen LogP contribution < -0.4 is 5.73 Å². The standard InChI is InChI=1S/C11H16N2O2S.ClH/c1-16-10-3-2-9(15-10)11(14)13-5-4-8(6-12)7-13;/h2-3,8H,4-7,12H2,1H3;1H. The number of rotatable bonds is 3. The Morgan fingerprint density at radius 1 is 1.65 bits per heavy atom. The van der Waals surface area contributed by atoms with Crippen LogP contribution in [-0.4, -0.2) is 36.7 Å². The van der Waals surface area contributed by atoms with E-state index in [2.05, 4.69) is 0 Å². The molecule has 0 bridgehead atoms. The maximum atomic E-state index is 12.0. The lowest BCUT2D eigenvalue weighted by Gasteiger charge is -2.14. The van der Waals surface area contributed by atoms with Crippen molar-refractivity contribution in [2.75, 3.05) is 25.9 Å². The number of thioether (sulfide) groups is 1. The molecule has 17 heavy (non-hydrogen) atoms. The number of carbonyl (C=O) groups excluding carboxylic acids is 1. The van der Waals surface area contributed by atoms with E-state index in [0.717, 1.165) is 24.6 Å². The number of carbonyl (C=O) groups is 1. The van der Waals surface area contributed by atoms with E-state index in [1.54, 1.807) is 6.07 Å². The minimum Gasteiger partial charge on any atom is -0.445 e. The van der Waals surface area contributed by atoms with Gasteiger partial charge in [-0.1, -0.05) is 11.8 Å². The second-order valence-electron chi connectivity index (χ2n) is 3.96. The molecule has 2 N–H and O–H groups in total. The number of hydrogen-bond acceptors (Lipinski definition) is 4. The van der Waals surface area contributed by atoms with Crippen LogP contribution in [0.2, 0.25) is 0 Å². The predicted octanol–water partition coefficient (Wildman–Crippen LogP) is 1.84. The Morgan fingerprint density at radius 3 is 2.94 bits per heavy atom. The highest BCUT2D eigenvalue weighted by Gasteiger charge is 2.27. The molecule has 0 radical (unpaired) electrons. The van der Waals surface area contributed by atoms with E-state index in [-0.39, 0.29) is 18.3 Å². The van der Waals surface area contributed by atoms with Crippen LogP contribution in [0.3, 0.4) is 0 Å². The van der Waals surface area contributed by atoms with Crippen LogP contribution in [0.25, 0.3) is 0 Å². The van der Waals surface area contributed by atoms with Crippen LogP contribution in [0.1, 0.15) is 17.0 Å². The van der Waals surface area contributed by atoms with Gasteiger partial charge >= 0.3 is 0 Å². The number of halogens is 1. The van der Waals surface area contributed by atoms with Crippen molar-refractivity contribution in [1.82, 2.24) is 4.90 Å². The second-order valence-corrected chi connectivity index (χ2v) is 4.77. The summed E-state index contributed by atoms with van der Waals surface area (Å²) in [4.78, 5) is 13.8. The van der Waals surface area contributed by atoms with E-state index in [1.165, 1.54) is 11.8 Å². The van der Waals surface area contributed by atoms with Crippen molar-refractivity contribution < 1.29 is 9.21 Å². The first-order valence-corrected chi connectivity index (χ1v) is 6.60. The molecule has 4 nitrogen and oxygen atoms in total. The zero-order chi connectivity index (χ0) is 11.5. The smallest absolute Gasteiger partial charge is 0.289 e. The molecule has 1 amide bonds. The SMILES string of the molecule is CSc1ccc(C(=O)N2CCC(CN)C2)o1.Cl. The predicted molar refractivity (Wildman–Crippen MR) is 70.8 cm³/mol. The molecule has 0 aliphatic carbocycles. The lowest BCUT2D eigenvalue weighted by atomic mass is 10.1. The molecule has 1 aromatic heterocycles. The zero-order valence-corrected chi connectivity index (χ0v) is 11.4. The van der Waals surface area contributed by atoms with Crippen LogP contribution in [-0.2, 0) is 0 Å². The summed E-state index contributed by atoms with van der Waals surface area (Å²) in [6, 6.07) is 3.57. The van der Waals surface area contributed by atoms with Gasteiger partial charge in [-0.3, -0.25) is 4.79 Å². The number of amides is 1. The van der Waals surface area contributed by atoms with E-state index in [9.17, 15) is 4.79 Å². The van der Waals surface area contributed by atoms with Crippen molar-refractivity contribution in [2.45, 2.75) is 11.5 Å². The van der Waals surface area contributed by atoms with Crippen LogP contribution in [0, 0.1) is 5.92 Å². The average Bonchev–Trinajstić information content (AvgIpc) is 2.97. The Hall–Kier alpha value is -0.650. The normalized spacial score (nSPS) is 19.2. The van der Waals surface area contributed by atoms with Crippen molar-refractivity contribution >= 4 is 30.1 Å². The topological polar surface area (TPSA) is 59.5 Å². The minimum atomic E-state index is -0.0174. The highest BCUT2D eigenvalue weighted by Crippen LogP contribution is 2.22. The van der Waals surface area contributed by atoms with Gasteiger partial charge in [-0.15, -0.1) is 12.4 Å². The molecule has 96 valence electrons. The largest absolute Gasteiger partial charge is 0.445 e. The minimum absolute atomic E-state index is 0. The Labute approximate surface area is 111 Å². The van der Waals surface area contributed by atoms with Gasteiger partial charge in [0.15, 0.2) is 10.9 Å². The van der Waals surface area contributed by atoms with Gasteiger partial charge in [-0.05, 0) is 37.3 Å². The first-order chi connectivity index (χ1) is 7.74. The summed E-state index contributed by atoms with van der Waals surface area (Å²) in [5, 5.41) is 0.776. The van der Waals surface area contributed by atoms with E-state index >= 15 is 0 Å². The van der Waals surface area contributed by atoms with Crippen molar-refractivity contribution in [3.63, 3.8) is 0 Å². The monoisotopic (exact) mass is 276 g/mol. The highest BCUT2D eigenvalue weighted by molar-refractivity contribution is 7.98. The molecule has 0 aromatic carbocycles. The first kappa shape index (κ1) is 14.4. The summed E-state index contributed by atoms with van der Waals surface area (Å²) in [7, 11) is 0. The van der Waals surface area contributed by atoms with Gasteiger partial charge in [0.05, 0.1) is 0 Å². The molecule has 1 aliphatic heterocycles. The van der Waals surface area contributed by atoms with Crippen molar-refractivity contribution in [3.8, 4) is 0 Å². The van der Waals surface area contributed by atoms with Gasteiger partial charge in [0.1, 0.15) is 0 Å². The first-order valence-electron chi connectivity index (χ1n) is 5.37. The summed E-state index contributed by atoms with van der Waals surface area (Å²) in [5.74, 6) is 0.859. The number of hydrogen-bond donors (Lipinski definition) is 1. The number of nitrogens with zero attached hydrogens (tertiary/aromatic N) is 1. The molecular weight excluding hydrogens is 260 g/mol. The van der Waals surface area contributed by atoms with Gasteiger partial charge in [-0.25, -0.2) is 0 Å². The maximum Gasteiger partial charge on any atom is 0.289 e. The molecule has 1 saturated heterocycles. The van der Waals surface area contributed by atoms with Crippen molar-refractivity contribution in [2.24, 2.45) is 11.7 Å². The zero-order valence-electron chi connectivity index (χ0n) is 9.72. The maximum absolute atomic E-state index is 12.0. The Morgan fingerprint density at radius 2 is 2.41 bits per heavy atom. The van der Waals surface area contributed by atoms with E-state index < -0.39 is 0 Å². The second kappa shape index (κ2) is 6.33. The van der Waals surface area contributed by atoms with Crippen molar-refractivity contribution in [1.29, 1.82) is 0 Å². The molecule has 1 aromatic rings. The molecule has 2 rings (SSSR count). The summed E-state index contributed by atoms with van der Waals surface area (Å²) in [6.07, 6.45) is 2.92. The van der Waals surface area contributed by atoms with E-state index in [4.69, 9.17) is 10.2 Å². The third-order valence-corrected chi connectivity index (χ3v) is 3.52. The lowest BCUT2D eigenvalue weighted by molar-refractivity contribution is 0.0750. The number of furan rings is 1. The molecule has 1 atom stereocenters. The fourth-order valence-corrected chi connectivity index (χ4v) is 2.29. The molecule has 0 spiro atoms. The number of nitrogens with two attached hydrogens (primary N) is 1. The fraction of sp³-hybridized carbons (Fsp3) is 0.545. The van der Waals surface area contributed by atoms with Gasteiger partial charge in [0, 0.05) is 13.1 Å². The fourth-order valence-electron chi connectivity index (χ4n) is 1.91. The van der Waals surface area contributed by atoms with Crippen LogP contribution in [0.5, 0.6) is 0 Å². The Balaban J connectivity index is 0.00000144. The third kappa shape index (κ3) is 3.18. The molecular formula is C11H17ClN2O2S. The summed E-state index contributed by atoms with van der Waals surface area (Å²) >= 11 is 1.50. The van der Waals surface area contributed by atoms with Crippen molar-refractivity contribution in [3.05, 3.63) is 17.9 Å². The highest BCUT2D eigenvalue weighted by atomic mass is 35.5. The van der Waals surface area contributed by atoms with Crippen LogP contribution in [0.15, 0.2) is 21.6 Å². The Kier molecular flexibility index (Phi) is 5.36. The Bertz CT molecular complexity index is 383. The van der Waals surface area contributed by atoms with Gasteiger partial charge in [0.25, 0.3) is 5.91 Å². The quantitative estimate of drug-likeness (QED) is 0.856. The lowest BCUT2D eigenvalue weighted by Crippen LogP contribution is -2.29. The molecule has 1 aliphatic rings. The number of likely N-dealkylation sites (tertiary alicyclic amines) is 1. The summed E-state index contributed by atoms with van der Waals surface area (Å²) < 4.78 is 5.42. The third-order valence-electron chi connectivity index (χ3n) is 2.90. The van der Waals surface area contributed by atoms with Crippen LogP contribution >= 0.6 is 24.2 Å². The van der Waals surface area contributed by atoms with Gasteiger partial charge < -0.3 is 15.1 Å². The van der Waals surface area contributed by atoms with Gasteiger partial charge in [0.2, 0.25) is 0 Å². The summed E-state index contributed by atoms with van der Waals surface area (Å²) in [6.45, 7) is 2.19. The van der Waals surface area contributed by atoms with E-state index in [1.807, 2.05) is 17.2 Å². The summed E-state index contributed by atoms with van der Waals surface area (Å²) in [5.41, 5.74) is 5.60. The molecule has 1 fully saturated rings. The molecule has 1 unspecified atom stereocenters. The van der Waals surface area contributed by atoms with Crippen LogP contribution in [0.4, 0.5) is 0 Å². The molecule has 6 heteroatoms. The molecule has 0 saturated carbocycles. The average molecular weight is 277 g/mol. The van der Waals surface area contributed by atoms with Gasteiger partial charge in [-0.2, -0.15) is 0 Å². The van der Waals surface area contributed by atoms with E-state index in [0.29, 0.717) is 18.2 Å². The molecule has 2 heterocycles.